The molecule has 2 heterocycles. The molecular weight excluding hydrogens is 292 g/mol. The quantitative estimate of drug-likeness (QED) is 0.929. The summed E-state index contributed by atoms with van der Waals surface area (Å²) >= 11 is 6.88. The third kappa shape index (κ3) is 3.11. The monoisotopic (exact) mass is 302 g/mol. The molecule has 80 valence electrons. The van der Waals surface area contributed by atoms with Crippen molar-refractivity contribution < 1.29 is 0 Å². The first-order valence-electron chi connectivity index (χ1n) is 4.62. The van der Waals surface area contributed by atoms with Gasteiger partial charge in [-0.1, -0.05) is 6.07 Å². The van der Waals surface area contributed by atoms with Crippen LogP contribution in [0.2, 0.25) is 0 Å². The molecule has 0 aliphatic heterocycles. The Balaban J connectivity index is 1.90. The summed E-state index contributed by atoms with van der Waals surface area (Å²) < 4.78 is 1.09. The highest BCUT2D eigenvalue weighted by molar-refractivity contribution is 9.11. The Morgan fingerprint density at radius 1 is 1.60 bits per heavy atom. The largest absolute Gasteiger partial charge is 0.303 e. The second-order valence-corrected chi connectivity index (χ2v) is 6.66. The summed E-state index contributed by atoms with van der Waals surface area (Å²) in [5, 5.41) is 6.67. The third-order valence-corrected chi connectivity index (χ3v) is 4.56. The molecule has 0 fully saturated rings. The van der Waals surface area contributed by atoms with Crippen molar-refractivity contribution in [1.82, 2.24) is 10.3 Å². The summed E-state index contributed by atoms with van der Waals surface area (Å²) in [6, 6.07) is 4.53. The van der Waals surface area contributed by atoms with Crippen LogP contribution in [-0.4, -0.2) is 4.98 Å². The van der Waals surface area contributed by atoms with E-state index in [1.807, 2.05) is 6.20 Å². The van der Waals surface area contributed by atoms with E-state index in [2.05, 4.69) is 50.7 Å². The van der Waals surface area contributed by atoms with Gasteiger partial charge >= 0.3 is 0 Å². The van der Waals surface area contributed by atoms with E-state index >= 15 is 0 Å². The first-order chi connectivity index (χ1) is 7.25. The van der Waals surface area contributed by atoms with Crippen LogP contribution in [-0.2, 0) is 6.54 Å². The SMILES string of the molecule is CC(NCc1cccs1)c1ncc(Br)s1. The fourth-order valence-electron chi connectivity index (χ4n) is 1.22. The number of nitrogens with one attached hydrogen (secondary N) is 1. The fourth-order valence-corrected chi connectivity index (χ4v) is 3.15. The molecule has 0 aliphatic rings. The lowest BCUT2D eigenvalue weighted by atomic mass is 10.3. The standard InChI is InChI=1S/C10H11BrN2S2/c1-7(10-13-6-9(11)15-10)12-5-8-3-2-4-14-8/h2-4,6-7,12H,5H2,1H3. The van der Waals surface area contributed by atoms with Gasteiger partial charge in [-0.25, -0.2) is 4.98 Å². The van der Waals surface area contributed by atoms with Crippen LogP contribution >= 0.6 is 38.6 Å². The lowest BCUT2D eigenvalue weighted by Gasteiger charge is -2.09. The van der Waals surface area contributed by atoms with Gasteiger partial charge in [0.05, 0.1) is 16.0 Å². The second-order valence-electron chi connectivity index (χ2n) is 3.18. The summed E-state index contributed by atoms with van der Waals surface area (Å²) in [5.41, 5.74) is 0. The van der Waals surface area contributed by atoms with Crippen LogP contribution in [0.1, 0.15) is 22.9 Å². The normalized spacial score (nSPS) is 12.9. The Hall–Kier alpha value is -0.230. The smallest absolute Gasteiger partial charge is 0.110 e. The van der Waals surface area contributed by atoms with Crippen molar-refractivity contribution in [3.63, 3.8) is 0 Å². The molecule has 0 bridgehead atoms. The molecule has 2 nitrogen and oxygen atoms in total. The average Bonchev–Trinajstić information content (AvgIpc) is 2.84. The third-order valence-electron chi connectivity index (χ3n) is 2.03. The van der Waals surface area contributed by atoms with Gasteiger partial charge in [0.1, 0.15) is 5.01 Å². The van der Waals surface area contributed by atoms with Crippen LogP contribution in [0.5, 0.6) is 0 Å². The van der Waals surface area contributed by atoms with Crippen LogP contribution in [0, 0.1) is 0 Å². The Bertz CT molecular complexity index is 411. The van der Waals surface area contributed by atoms with Gasteiger partial charge in [-0.15, -0.1) is 22.7 Å². The van der Waals surface area contributed by atoms with Crippen LogP contribution in [0.3, 0.4) is 0 Å². The zero-order chi connectivity index (χ0) is 10.7. The first kappa shape index (κ1) is 11.3. The summed E-state index contributed by atoms with van der Waals surface area (Å²) in [6.07, 6.45) is 1.85. The Kier molecular flexibility index (Phi) is 3.91. The van der Waals surface area contributed by atoms with E-state index in [-0.39, 0.29) is 0 Å². The zero-order valence-corrected chi connectivity index (χ0v) is 11.5. The summed E-state index contributed by atoms with van der Waals surface area (Å²) in [4.78, 5) is 5.69. The van der Waals surface area contributed by atoms with Crippen molar-refractivity contribution >= 4 is 38.6 Å². The molecule has 0 radical (unpaired) electrons. The first-order valence-corrected chi connectivity index (χ1v) is 7.11. The van der Waals surface area contributed by atoms with E-state index in [0.717, 1.165) is 15.3 Å². The van der Waals surface area contributed by atoms with Gasteiger partial charge in [0, 0.05) is 11.4 Å². The maximum Gasteiger partial charge on any atom is 0.110 e. The molecule has 2 aromatic rings. The van der Waals surface area contributed by atoms with Crippen LogP contribution in [0.25, 0.3) is 0 Å². The van der Waals surface area contributed by atoms with E-state index in [4.69, 9.17) is 0 Å². The molecule has 0 aromatic carbocycles. The topological polar surface area (TPSA) is 24.9 Å². The van der Waals surface area contributed by atoms with E-state index in [1.165, 1.54) is 4.88 Å². The molecule has 0 saturated carbocycles. The van der Waals surface area contributed by atoms with E-state index in [0.29, 0.717) is 6.04 Å². The molecule has 0 saturated heterocycles. The number of nitrogens with zero attached hydrogens (tertiary/aromatic N) is 1. The van der Waals surface area contributed by atoms with E-state index < -0.39 is 0 Å². The lowest BCUT2D eigenvalue weighted by molar-refractivity contribution is 0.576. The van der Waals surface area contributed by atoms with Gasteiger partial charge in [-0.2, -0.15) is 0 Å². The van der Waals surface area contributed by atoms with Gasteiger partial charge in [0.25, 0.3) is 0 Å². The summed E-state index contributed by atoms with van der Waals surface area (Å²) in [5.74, 6) is 0. The lowest BCUT2D eigenvalue weighted by Crippen LogP contribution is -2.17. The molecule has 5 heteroatoms. The molecule has 0 amide bonds. The van der Waals surface area contributed by atoms with Crippen molar-refractivity contribution in [2.75, 3.05) is 0 Å². The van der Waals surface area contributed by atoms with Gasteiger partial charge < -0.3 is 5.32 Å². The van der Waals surface area contributed by atoms with Crippen molar-refractivity contribution in [1.29, 1.82) is 0 Å². The Morgan fingerprint density at radius 3 is 3.07 bits per heavy atom. The molecule has 0 aliphatic carbocycles. The van der Waals surface area contributed by atoms with Crippen LogP contribution in [0.15, 0.2) is 27.5 Å². The van der Waals surface area contributed by atoms with E-state index in [9.17, 15) is 0 Å². The molecular formula is C10H11BrN2S2. The molecule has 0 spiro atoms. The highest BCUT2D eigenvalue weighted by atomic mass is 79.9. The minimum absolute atomic E-state index is 0.309. The van der Waals surface area contributed by atoms with Crippen molar-refractivity contribution in [3.8, 4) is 0 Å². The molecule has 15 heavy (non-hydrogen) atoms. The molecule has 1 unspecified atom stereocenters. The number of halogens is 1. The molecule has 1 atom stereocenters. The van der Waals surface area contributed by atoms with Gasteiger partial charge in [-0.3, -0.25) is 0 Å². The number of hydrogen-bond donors (Lipinski definition) is 1. The molecule has 1 N–H and O–H groups in total. The maximum atomic E-state index is 4.33. The van der Waals surface area contributed by atoms with Crippen molar-refractivity contribution in [2.24, 2.45) is 0 Å². The predicted molar refractivity (Wildman–Crippen MR) is 69.4 cm³/mol. The van der Waals surface area contributed by atoms with Crippen molar-refractivity contribution in [2.45, 2.75) is 19.5 Å². The minimum atomic E-state index is 0.309. The highest BCUT2D eigenvalue weighted by Crippen LogP contribution is 2.24. The van der Waals surface area contributed by atoms with Gasteiger partial charge in [-0.05, 0) is 34.3 Å². The molecule has 2 rings (SSSR count). The maximum absolute atomic E-state index is 4.33. The highest BCUT2D eigenvalue weighted by Gasteiger charge is 2.08. The van der Waals surface area contributed by atoms with Crippen LogP contribution in [0.4, 0.5) is 0 Å². The van der Waals surface area contributed by atoms with E-state index in [1.54, 1.807) is 22.7 Å². The number of thiazole rings is 1. The fraction of sp³-hybridized carbons (Fsp3) is 0.300. The molecule has 2 aromatic heterocycles. The Labute approximate surface area is 106 Å². The number of rotatable bonds is 4. The van der Waals surface area contributed by atoms with Gasteiger partial charge in [0.15, 0.2) is 0 Å². The average molecular weight is 303 g/mol. The number of hydrogen-bond acceptors (Lipinski definition) is 4. The second kappa shape index (κ2) is 5.21. The van der Waals surface area contributed by atoms with Crippen molar-refractivity contribution in [3.05, 3.63) is 37.4 Å². The summed E-state index contributed by atoms with van der Waals surface area (Å²) in [7, 11) is 0. The number of thiophene rings is 1. The van der Waals surface area contributed by atoms with Crippen LogP contribution < -0.4 is 5.32 Å². The van der Waals surface area contributed by atoms with Gasteiger partial charge in [0.2, 0.25) is 0 Å². The Morgan fingerprint density at radius 2 is 2.47 bits per heavy atom. The minimum Gasteiger partial charge on any atom is -0.303 e. The zero-order valence-electron chi connectivity index (χ0n) is 8.24. The summed E-state index contributed by atoms with van der Waals surface area (Å²) in [6.45, 7) is 3.05. The predicted octanol–water partition coefficient (Wildman–Crippen LogP) is 3.82. The number of aromatic nitrogens is 1.